The number of thiazole rings is 1. The van der Waals surface area contributed by atoms with Gasteiger partial charge in [0.2, 0.25) is 6.41 Å². The van der Waals surface area contributed by atoms with Crippen molar-refractivity contribution in [1.29, 1.82) is 0 Å². The molecule has 7 heteroatoms. The first kappa shape index (κ1) is 16.3. The molecular weight excluding hydrogens is 322 g/mol. The summed E-state index contributed by atoms with van der Waals surface area (Å²) in [5, 5.41) is 5.71. The zero-order chi connectivity index (χ0) is 16.9. The van der Waals surface area contributed by atoms with E-state index in [0.717, 1.165) is 39.3 Å². The molecule has 1 saturated carbocycles. The molecule has 0 radical (unpaired) electrons. The number of aryl methyl sites for hydroxylation is 1. The first-order chi connectivity index (χ1) is 11.7. The van der Waals surface area contributed by atoms with Crippen molar-refractivity contribution in [3.63, 3.8) is 0 Å². The topological polar surface area (TPSA) is 86.7 Å². The van der Waals surface area contributed by atoms with Crippen molar-refractivity contribution in [1.82, 2.24) is 19.7 Å². The number of carbonyl (C=O) groups is 1. The fourth-order valence-corrected chi connectivity index (χ4v) is 3.42. The van der Waals surface area contributed by atoms with Crippen LogP contribution in [0.25, 0.3) is 21.1 Å². The van der Waals surface area contributed by atoms with Crippen molar-refractivity contribution in [3.05, 3.63) is 42.5 Å². The molecule has 0 aliphatic heterocycles. The molecule has 24 heavy (non-hydrogen) atoms. The minimum Gasteiger partial charge on any atom is -0.372 e. The number of nitrogens with two attached hydrogens (primary N) is 1. The number of rotatable bonds is 4. The molecule has 1 aliphatic carbocycles. The van der Waals surface area contributed by atoms with Crippen LogP contribution >= 0.6 is 11.3 Å². The highest BCUT2D eigenvalue weighted by atomic mass is 32.1. The summed E-state index contributed by atoms with van der Waals surface area (Å²) in [5.74, 6) is 0.839. The number of pyridine rings is 1. The van der Waals surface area contributed by atoms with Crippen LogP contribution in [0.2, 0.25) is 0 Å². The lowest BCUT2D eigenvalue weighted by Gasteiger charge is -1.97. The van der Waals surface area contributed by atoms with Gasteiger partial charge in [-0.1, -0.05) is 0 Å². The van der Waals surface area contributed by atoms with E-state index in [9.17, 15) is 0 Å². The summed E-state index contributed by atoms with van der Waals surface area (Å²) in [6.45, 7) is 3.10. The van der Waals surface area contributed by atoms with Gasteiger partial charge in [0.1, 0.15) is 10.7 Å². The van der Waals surface area contributed by atoms with Crippen LogP contribution < -0.4 is 5.73 Å². The lowest BCUT2D eigenvalue weighted by Crippen LogP contribution is -1.99. The second kappa shape index (κ2) is 7.35. The Balaban J connectivity index is 0.000000526. The normalized spacial score (nSPS) is 13.2. The van der Waals surface area contributed by atoms with Gasteiger partial charge in [0.25, 0.3) is 0 Å². The van der Waals surface area contributed by atoms with Crippen LogP contribution in [0.5, 0.6) is 0 Å². The number of nitrogens with zero attached hydrogens (tertiary/aromatic N) is 4. The van der Waals surface area contributed by atoms with E-state index < -0.39 is 0 Å². The second-order valence-corrected chi connectivity index (χ2v) is 6.68. The first-order valence-electron chi connectivity index (χ1n) is 7.78. The number of hydrogen-bond donors (Lipinski definition) is 1. The third-order valence-electron chi connectivity index (χ3n) is 3.72. The maximum atomic E-state index is 8.58. The van der Waals surface area contributed by atoms with E-state index in [0.29, 0.717) is 0 Å². The van der Waals surface area contributed by atoms with Gasteiger partial charge in [0.15, 0.2) is 0 Å². The molecule has 3 aromatic heterocycles. The lowest BCUT2D eigenvalue weighted by molar-refractivity contribution is -0.106. The minimum atomic E-state index is 0.250. The Hall–Kier alpha value is -2.54. The van der Waals surface area contributed by atoms with Gasteiger partial charge in [0, 0.05) is 30.7 Å². The molecule has 2 N–H and O–H groups in total. The van der Waals surface area contributed by atoms with Crippen LogP contribution in [0.1, 0.15) is 18.5 Å². The van der Waals surface area contributed by atoms with Crippen LogP contribution in [0.4, 0.5) is 0 Å². The van der Waals surface area contributed by atoms with Gasteiger partial charge in [-0.15, -0.1) is 11.3 Å². The minimum absolute atomic E-state index is 0.250. The van der Waals surface area contributed by atoms with Gasteiger partial charge in [-0.25, -0.2) is 4.98 Å². The fraction of sp³-hybridized carbons (Fsp3) is 0.294. The zero-order valence-electron chi connectivity index (χ0n) is 13.4. The molecule has 3 aromatic rings. The molecule has 0 spiro atoms. The molecule has 0 aromatic carbocycles. The van der Waals surface area contributed by atoms with E-state index in [1.807, 2.05) is 25.3 Å². The standard InChI is InChI=1S/C16H16N4S.CH3NO/c1-11-15(14-6-8-20(19-14)10-12-4-5-12)21-16(18-11)13-3-2-7-17-9-13;2-1-3/h2-3,6-9,12H,4-5,10H2,1H3;1H,(H2,2,3). The number of carbonyl (C=O) groups excluding carboxylic acids is 1. The van der Waals surface area contributed by atoms with E-state index >= 15 is 0 Å². The summed E-state index contributed by atoms with van der Waals surface area (Å²) in [5.41, 5.74) is 7.30. The van der Waals surface area contributed by atoms with Gasteiger partial charge in [-0.3, -0.25) is 14.5 Å². The van der Waals surface area contributed by atoms with Crippen molar-refractivity contribution < 1.29 is 4.79 Å². The van der Waals surface area contributed by atoms with Crippen molar-refractivity contribution in [2.75, 3.05) is 0 Å². The highest BCUT2D eigenvalue weighted by Gasteiger charge is 2.22. The highest BCUT2D eigenvalue weighted by molar-refractivity contribution is 7.18. The summed E-state index contributed by atoms with van der Waals surface area (Å²) < 4.78 is 2.07. The molecule has 1 fully saturated rings. The van der Waals surface area contributed by atoms with Crippen LogP contribution in [-0.2, 0) is 11.3 Å². The summed E-state index contributed by atoms with van der Waals surface area (Å²) in [4.78, 5) is 18.6. The summed E-state index contributed by atoms with van der Waals surface area (Å²) in [6.07, 6.45) is 8.66. The van der Waals surface area contributed by atoms with Crippen molar-refractivity contribution in [3.8, 4) is 21.1 Å². The van der Waals surface area contributed by atoms with Gasteiger partial charge >= 0.3 is 0 Å². The van der Waals surface area contributed by atoms with Gasteiger partial charge in [-0.2, -0.15) is 5.10 Å². The molecule has 3 heterocycles. The second-order valence-electron chi connectivity index (χ2n) is 5.68. The largest absolute Gasteiger partial charge is 0.372 e. The lowest BCUT2D eigenvalue weighted by atomic mass is 10.3. The summed E-state index contributed by atoms with van der Waals surface area (Å²) in [6, 6.07) is 6.08. The fourth-order valence-electron chi connectivity index (χ4n) is 2.40. The molecule has 124 valence electrons. The van der Waals surface area contributed by atoms with E-state index in [2.05, 4.69) is 32.6 Å². The molecule has 0 bridgehead atoms. The van der Waals surface area contributed by atoms with Crippen LogP contribution in [-0.4, -0.2) is 26.2 Å². The quantitative estimate of drug-likeness (QED) is 0.739. The third kappa shape index (κ3) is 3.86. The van der Waals surface area contributed by atoms with Crippen LogP contribution in [0.3, 0.4) is 0 Å². The predicted molar refractivity (Wildman–Crippen MR) is 94.3 cm³/mol. The zero-order valence-corrected chi connectivity index (χ0v) is 14.2. The Morgan fingerprint density at radius 3 is 2.88 bits per heavy atom. The maximum absolute atomic E-state index is 8.58. The number of aromatic nitrogens is 4. The van der Waals surface area contributed by atoms with E-state index in [-0.39, 0.29) is 6.41 Å². The van der Waals surface area contributed by atoms with Gasteiger partial charge < -0.3 is 5.73 Å². The van der Waals surface area contributed by atoms with Gasteiger partial charge in [-0.05, 0) is 43.9 Å². The molecular formula is C17H19N5OS. The molecule has 1 aliphatic rings. The monoisotopic (exact) mass is 341 g/mol. The number of hydrogen-bond acceptors (Lipinski definition) is 5. The maximum Gasteiger partial charge on any atom is 0.204 e. The molecule has 0 unspecified atom stereocenters. The predicted octanol–water partition coefficient (Wildman–Crippen LogP) is 2.89. The summed E-state index contributed by atoms with van der Waals surface area (Å²) >= 11 is 1.69. The summed E-state index contributed by atoms with van der Waals surface area (Å²) in [7, 11) is 0. The Bertz CT molecular complexity index is 808. The van der Waals surface area contributed by atoms with Crippen LogP contribution in [0.15, 0.2) is 36.8 Å². The third-order valence-corrected chi connectivity index (χ3v) is 4.95. The highest BCUT2D eigenvalue weighted by Crippen LogP contribution is 2.35. The van der Waals surface area contributed by atoms with E-state index in [1.165, 1.54) is 12.8 Å². The Morgan fingerprint density at radius 2 is 2.21 bits per heavy atom. The van der Waals surface area contributed by atoms with Crippen molar-refractivity contribution in [2.24, 2.45) is 11.7 Å². The molecule has 0 saturated heterocycles. The first-order valence-corrected chi connectivity index (χ1v) is 8.60. The van der Waals surface area contributed by atoms with Crippen molar-refractivity contribution >= 4 is 17.7 Å². The Morgan fingerprint density at radius 1 is 1.42 bits per heavy atom. The Labute approximate surface area is 144 Å². The average Bonchev–Trinajstić information content (AvgIpc) is 3.13. The SMILES string of the molecule is Cc1nc(-c2cccnc2)sc1-c1ccn(CC2CC2)n1.NC=O. The van der Waals surface area contributed by atoms with E-state index in [1.54, 1.807) is 17.5 Å². The Kier molecular flexibility index (Phi) is 5.00. The number of primary amides is 1. The molecule has 4 rings (SSSR count). The smallest absolute Gasteiger partial charge is 0.204 e. The number of amides is 1. The molecule has 6 nitrogen and oxygen atoms in total. The van der Waals surface area contributed by atoms with Crippen molar-refractivity contribution in [2.45, 2.75) is 26.3 Å². The van der Waals surface area contributed by atoms with Gasteiger partial charge in [0.05, 0.1) is 10.6 Å². The van der Waals surface area contributed by atoms with Crippen LogP contribution in [0, 0.1) is 12.8 Å². The molecule has 0 atom stereocenters. The average molecular weight is 341 g/mol. The molecule has 1 amide bonds. The van der Waals surface area contributed by atoms with E-state index in [4.69, 9.17) is 9.89 Å².